The molecule has 0 amide bonds. The van der Waals surface area contributed by atoms with Crippen LogP contribution in [-0.2, 0) is 4.79 Å². The fraction of sp³-hybridized carbons (Fsp3) is 0.800. The third-order valence-electron chi connectivity index (χ3n) is 1.33. The van der Waals surface area contributed by atoms with Gasteiger partial charge < -0.3 is 0 Å². The Hall–Kier alpha value is -0.370. The van der Waals surface area contributed by atoms with E-state index in [0.717, 1.165) is 6.54 Å². The fourth-order valence-electron chi connectivity index (χ4n) is 0.665. The summed E-state index contributed by atoms with van der Waals surface area (Å²) in [7, 11) is 1.95. The Labute approximate surface area is 43.1 Å². The van der Waals surface area contributed by atoms with Crippen molar-refractivity contribution in [1.82, 2.24) is 4.90 Å². The van der Waals surface area contributed by atoms with Crippen LogP contribution >= 0.6 is 0 Å². The SMILES string of the molecule is CC(=O)[C@@H]1CN1C. The molecule has 1 unspecified atom stereocenters. The lowest BCUT2D eigenvalue weighted by atomic mass is 10.3. The second-order valence-corrected chi connectivity index (χ2v) is 2.07. The number of hydrogen-bond acceptors (Lipinski definition) is 2. The smallest absolute Gasteiger partial charge is 0.148 e. The molecule has 7 heavy (non-hydrogen) atoms. The minimum absolute atomic E-state index is 0.264. The van der Waals surface area contributed by atoms with Gasteiger partial charge in [0.2, 0.25) is 0 Å². The zero-order chi connectivity index (χ0) is 5.44. The van der Waals surface area contributed by atoms with Crippen molar-refractivity contribution >= 4 is 5.78 Å². The predicted octanol–water partition coefficient (Wildman–Crippen LogP) is -0.111. The molecule has 40 valence electrons. The highest BCUT2D eigenvalue weighted by atomic mass is 16.1. The lowest BCUT2D eigenvalue weighted by molar-refractivity contribution is -0.117. The molecule has 0 aromatic heterocycles. The van der Waals surface area contributed by atoms with Crippen LogP contribution in [0.5, 0.6) is 0 Å². The molecule has 0 N–H and O–H groups in total. The summed E-state index contributed by atoms with van der Waals surface area (Å²) < 4.78 is 0. The van der Waals surface area contributed by atoms with Crippen LogP contribution in [0.1, 0.15) is 6.92 Å². The second-order valence-electron chi connectivity index (χ2n) is 2.07. The molecular formula is C5H9NO. The quantitative estimate of drug-likeness (QED) is 0.427. The molecule has 1 rings (SSSR count). The van der Waals surface area contributed by atoms with Crippen molar-refractivity contribution in [2.45, 2.75) is 13.0 Å². The highest BCUT2D eigenvalue weighted by molar-refractivity contribution is 5.84. The molecule has 1 aliphatic rings. The van der Waals surface area contributed by atoms with Gasteiger partial charge in [0, 0.05) is 6.54 Å². The van der Waals surface area contributed by atoms with Crippen molar-refractivity contribution < 1.29 is 4.79 Å². The number of carbonyl (C=O) groups excluding carboxylic acids is 1. The van der Waals surface area contributed by atoms with Gasteiger partial charge in [-0.3, -0.25) is 9.69 Å². The number of nitrogens with zero attached hydrogens (tertiary/aromatic N) is 1. The van der Waals surface area contributed by atoms with Gasteiger partial charge in [-0.05, 0) is 14.0 Å². The molecule has 2 nitrogen and oxygen atoms in total. The first-order chi connectivity index (χ1) is 3.22. The molecular weight excluding hydrogens is 90.1 g/mol. The highest BCUT2D eigenvalue weighted by Crippen LogP contribution is 2.12. The van der Waals surface area contributed by atoms with Crippen LogP contribution in [0.2, 0.25) is 0 Å². The van der Waals surface area contributed by atoms with Gasteiger partial charge in [0.15, 0.2) is 0 Å². The Morgan fingerprint density at radius 2 is 2.29 bits per heavy atom. The third-order valence-corrected chi connectivity index (χ3v) is 1.33. The summed E-state index contributed by atoms with van der Waals surface area (Å²) in [6.45, 7) is 2.60. The van der Waals surface area contributed by atoms with E-state index in [9.17, 15) is 4.79 Å². The average Bonchev–Trinajstić information content (AvgIpc) is 2.17. The van der Waals surface area contributed by atoms with Crippen molar-refractivity contribution in [1.29, 1.82) is 0 Å². The Kier molecular flexibility index (Phi) is 0.889. The van der Waals surface area contributed by atoms with Crippen molar-refractivity contribution in [2.75, 3.05) is 13.6 Å². The molecule has 0 aromatic rings. The number of likely N-dealkylation sites (N-methyl/N-ethyl adjacent to an activating group) is 1. The molecule has 1 aliphatic heterocycles. The first kappa shape index (κ1) is 4.78. The van der Waals surface area contributed by atoms with Gasteiger partial charge in [0.05, 0.1) is 6.04 Å². The Morgan fingerprint density at radius 1 is 1.86 bits per heavy atom. The first-order valence-corrected chi connectivity index (χ1v) is 2.42. The molecule has 0 bridgehead atoms. The standard InChI is InChI=1S/C5H9NO/c1-4(7)5-3-6(5)2/h5H,3H2,1-2H3/t5-,6?/m0/s1. The van der Waals surface area contributed by atoms with Crippen molar-refractivity contribution in [3.63, 3.8) is 0 Å². The maximum Gasteiger partial charge on any atom is 0.148 e. The van der Waals surface area contributed by atoms with Crippen LogP contribution in [0.3, 0.4) is 0 Å². The molecule has 0 saturated carbocycles. The topological polar surface area (TPSA) is 20.1 Å². The predicted molar refractivity (Wildman–Crippen MR) is 27.1 cm³/mol. The minimum Gasteiger partial charge on any atom is -0.298 e. The van der Waals surface area contributed by atoms with Crippen molar-refractivity contribution in [3.05, 3.63) is 0 Å². The highest BCUT2D eigenvalue weighted by Gasteiger charge is 2.33. The Bertz CT molecular complexity index is 100. The van der Waals surface area contributed by atoms with Gasteiger partial charge in [0.1, 0.15) is 5.78 Å². The molecule has 0 aromatic carbocycles. The van der Waals surface area contributed by atoms with E-state index in [0.29, 0.717) is 5.78 Å². The number of rotatable bonds is 1. The van der Waals surface area contributed by atoms with Crippen molar-refractivity contribution in [2.24, 2.45) is 0 Å². The van der Waals surface area contributed by atoms with E-state index in [4.69, 9.17) is 0 Å². The third kappa shape index (κ3) is 0.800. The molecule has 2 atom stereocenters. The number of Topliss-reactive ketones (excluding diaryl/α,β-unsaturated/α-hetero) is 1. The van der Waals surface area contributed by atoms with E-state index < -0.39 is 0 Å². The zero-order valence-electron chi connectivity index (χ0n) is 4.64. The van der Waals surface area contributed by atoms with E-state index in [-0.39, 0.29) is 6.04 Å². The Morgan fingerprint density at radius 3 is 2.29 bits per heavy atom. The lowest BCUT2D eigenvalue weighted by Gasteiger charge is -1.83. The van der Waals surface area contributed by atoms with Gasteiger partial charge in [-0.2, -0.15) is 0 Å². The molecule has 0 spiro atoms. The zero-order valence-corrected chi connectivity index (χ0v) is 4.64. The monoisotopic (exact) mass is 99.1 g/mol. The van der Waals surface area contributed by atoms with Crippen LogP contribution in [0, 0.1) is 0 Å². The summed E-state index contributed by atoms with van der Waals surface area (Å²) in [6.07, 6.45) is 0. The molecule has 1 saturated heterocycles. The molecule has 1 heterocycles. The van der Waals surface area contributed by atoms with E-state index in [1.54, 1.807) is 6.92 Å². The largest absolute Gasteiger partial charge is 0.298 e. The molecule has 2 heteroatoms. The maximum absolute atomic E-state index is 10.4. The summed E-state index contributed by atoms with van der Waals surface area (Å²) in [5, 5.41) is 0. The molecule has 1 fully saturated rings. The van der Waals surface area contributed by atoms with E-state index in [1.807, 2.05) is 11.9 Å². The van der Waals surface area contributed by atoms with Crippen molar-refractivity contribution in [3.8, 4) is 0 Å². The van der Waals surface area contributed by atoms with Crippen LogP contribution in [0.15, 0.2) is 0 Å². The van der Waals surface area contributed by atoms with E-state index in [1.165, 1.54) is 0 Å². The van der Waals surface area contributed by atoms with Gasteiger partial charge >= 0.3 is 0 Å². The summed E-state index contributed by atoms with van der Waals surface area (Å²) in [4.78, 5) is 12.4. The number of carbonyl (C=O) groups is 1. The van der Waals surface area contributed by atoms with Crippen LogP contribution in [0.25, 0.3) is 0 Å². The summed E-state index contributed by atoms with van der Waals surface area (Å²) >= 11 is 0. The van der Waals surface area contributed by atoms with Crippen LogP contribution < -0.4 is 0 Å². The van der Waals surface area contributed by atoms with Crippen LogP contribution in [-0.4, -0.2) is 30.3 Å². The minimum atomic E-state index is 0.264. The van der Waals surface area contributed by atoms with Crippen LogP contribution in [0.4, 0.5) is 0 Å². The first-order valence-electron chi connectivity index (χ1n) is 2.42. The summed E-state index contributed by atoms with van der Waals surface area (Å²) in [5.74, 6) is 0.294. The normalized spacial score (nSPS) is 38.0. The Balaban J connectivity index is 2.33. The summed E-state index contributed by atoms with van der Waals surface area (Å²) in [6, 6.07) is 0.264. The van der Waals surface area contributed by atoms with E-state index >= 15 is 0 Å². The van der Waals surface area contributed by atoms with Gasteiger partial charge in [-0.15, -0.1) is 0 Å². The van der Waals surface area contributed by atoms with E-state index in [2.05, 4.69) is 0 Å². The van der Waals surface area contributed by atoms with Gasteiger partial charge in [0.25, 0.3) is 0 Å². The van der Waals surface area contributed by atoms with Gasteiger partial charge in [-0.25, -0.2) is 0 Å². The summed E-state index contributed by atoms with van der Waals surface area (Å²) in [5.41, 5.74) is 0. The number of ketones is 1. The fourth-order valence-corrected chi connectivity index (χ4v) is 0.665. The lowest BCUT2D eigenvalue weighted by Crippen LogP contribution is -2.04. The second kappa shape index (κ2) is 1.30. The number of hydrogen-bond donors (Lipinski definition) is 0. The van der Waals surface area contributed by atoms with Gasteiger partial charge in [-0.1, -0.05) is 0 Å². The average molecular weight is 99.1 g/mol. The molecule has 0 aliphatic carbocycles. The maximum atomic E-state index is 10.4. The molecule has 0 radical (unpaired) electrons.